The SMILES string of the molecule is CO[C@@H](C(=O)N[C@H](Cc1cccc(Br)c1)C(=O)O)c1ccccc1. The maximum Gasteiger partial charge on any atom is 0.326 e. The van der Waals surface area contributed by atoms with Crippen molar-refractivity contribution < 1.29 is 19.4 Å². The number of rotatable bonds is 7. The Kier molecular flexibility index (Phi) is 6.52. The van der Waals surface area contributed by atoms with E-state index < -0.39 is 24.0 Å². The molecule has 24 heavy (non-hydrogen) atoms. The lowest BCUT2D eigenvalue weighted by Gasteiger charge is -2.20. The van der Waals surface area contributed by atoms with Crippen molar-refractivity contribution in [1.29, 1.82) is 0 Å². The number of halogens is 1. The molecule has 0 heterocycles. The molecule has 0 aromatic heterocycles. The lowest BCUT2D eigenvalue weighted by molar-refractivity contribution is -0.144. The van der Waals surface area contributed by atoms with Crippen LogP contribution in [-0.2, 0) is 20.7 Å². The number of carboxylic acid groups (broad SMARTS) is 1. The van der Waals surface area contributed by atoms with E-state index in [0.29, 0.717) is 5.56 Å². The summed E-state index contributed by atoms with van der Waals surface area (Å²) in [6.07, 6.45) is -0.665. The number of methoxy groups -OCH3 is 1. The molecule has 2 aromatic carbocycles. The first-order valence-corrected chi connectivity index (χ1v) is 8.16. The molecule has 0 saturated heterocycles. The first kappa shape index (κ1) is 18.2. The van der Waals surface area contributed by atoms with Gasteiger partial charge in [-0.15, -0.1) is 0 Å². The molecule has 5 nitrogen and oxygen atoms in total. The van der Waals surface area contributed by atoms with Crippen molar-refractivity contribution in [2.45, 2.75) is 18.6 Å². The zero-order valence-electron chi connectivity index (χ0n) is 13.1. The van der Waals surface area contributed by atoms with Gasteiger partial charge in [-0.05, 0) is 23.3 Å². The molecule has 2 rings (SSSR count). The zero-order valence-corrected chi connectivity index (χ0v) is 14.7. The number of hydrogen-bond acceptors (Lipinski definition) is 3. The second kappa shape index (κ2) is 8.61. The molecule has 0 aliphatic carbocycles. The number of carbonyl (C=O) groups excluding carboxylic acids is 1. The Balaban J connectivity index is 2.11. The smallest absolute Gasteiger partial charge is 0.326 e. The predicted octanol–water partition coefficient (Wildman–Crippen LogP) is 2.95. The minimum absolute atomic E-state index is 0.186. The molecule has 0 spiro atoms. The highest BCUT2D eigenvalue weighted by Gasteiger charge is 2.26. The molecule has 0 saturated carbocycles. The Bertz CT molecular complexity index is 705. The van der Waals surface area contributed by atoms with Gasteiger partial charge in [0.1, 0.15) is 6.04 Å². The van der Waals surface area contributed by atoms with E-state index in [1.54, 1.807) is 24.3 Å². The third-order valence-electron chi connectivity index (χ3n) is 3.52. The Labute approximate surface area is 148 Å². The number of ether oxygens (including phenoxy) is 1. The molecule has 0 radical (unpaired) electrons. The fraction of sp³-hybridized carbons (Fsp3) is 0.222. The van der Waals surface area contributed by atoms with Gasteiger partial charge in [0.05, 0.1) is 0 Å². The van der Waals surface area contributed by atoms with Crippen molar-refractivity contribution in [2.24, 2.45) is 0 Å². The summed E-state index contributed by atoms with van der Waals surface area (Å²) in [5, 5.41) is 12.0. The molecule has 2 atom stereocenters. The molecular weight excluding hydrogens is 374 g/mol. The first-order chi connectivity index (χ1) is 11.5. The zero-order chi connectivity index (χ0) is 17.5. The number of carbonyl (C=O) groups is 2. The van der Waals surface area contributed by atoms with Crippen LogP contribution < -0.4 is 5.32 Å². The summed E-state index contributed by atoms with van der Waals surface area (Å²) in [5.41, 5.74) is 1.48. The molecule has 0 fully saturated rings. The highest BCUT2D eigenvalue weighted by Crippen LogP contribution is 2.17. The average Bonchev–Trinajstić information content (AvgIpc) is 2.56. The summed E-state index contributed by atoms with van der Waals surface area (Å²) in [4.78, 5) is 23.9. The van der Waals surface area contributed by atoms with Gasteiger partial charge in [0, 0.05) is 18.0 Å². The quantitative estimate of drug-likeness (QED) is 0.760. The average molecular weight is 392 g/mol. The van der Waals surface area contributed by atoms with Crippen LogP contribution in [-0.4, -0.2) is 30.1 Å². The highest BCUT2D eigenvalue weighted by atomic mass is 79.9. The third-order valence-corrected chi connectivity index (χ3v) is 4.01. The lowest BCUT2D eigenvalue weighted by atomic mass is 10.0. The summed E-state index contributed by atoms with van der Waals surface area (Å²) >= 11 is 3.35. The molecule has 126 valence electrons. The fourth-order valence-electron chi connectivity index (χ4n) is 2.37. The van der Waals surface area contributed by atoms with Crippen LogP contribution in [0.15, 0.2) is 59.1 Å². The number of carboxylic acids is 1. The van der Waals surface area contributed by atoms with E-state index in [-0.39, 0.29) is 6.42 Å². The van der Waals surface area contributed by atoms with Crippen molar-refractivity contribution in [3.63, 3.8) is 0 Å². The molecule has 1 amide bonds. The molecule has 0 unspecified atom stereocenters. The van der Waals surface area contributed by atoms with E-state index in [0.717, 1.165) is 10.0 Å². The molecule has 2 aromatic rings. The second-order valence-electron chi connectivity index (χ2n) is 5.26. The van der Waals surface area contributed by atoms with Crippen LogP contribution in [0.25, 0.3) is 0 Å². The van der Waals surface area contributed by atoms with E-state index in [1.807, 2.05) is 30.3 Å². The normalized spacial score (nSPS) is 13.1. The van der Waals surface area contributed by atoms with Gasteiger partial charge >= 0.3 is 5.97 Å². The van der Waals surface area contributed by atoms with Crippen LogP contribution in [0.3, 0.4) is 0 Å². The molecule has 2 N–H and O–H groups in total. The number of hydrogen-bond donors (Lipinski definition) is 2. The fourth-order valence-corrected chi connectivity index (χ4v) is 2.82. The van der Waals surface area contributed by atoms with Gasteiger partial charge in [-0.25, -0.2) is 4.79 Å². The van der Waals surface area contributed by atoms with Crippen LogP contribution in [0.1, 0.15) is 17.2 Å². The Morgan fingerprint density at radius 2 is 1.88 bits per heavy atom. The highest BCUT2D eigenvalue weighted by molar-refractivity contribution is 9.10. The van der Waals surface area contributed by atoms with Gasteiger partial charge in [0.25, 0.3) is 5.91 Å². The van der Waals surface area contributed by atoms with E-state index in [9.17, 15) is 14.7 Å². The monoisotopic (exact) mass is 391 g/mol. The number of amides is 1. The van der Waals surface area contributed by atoms with Crippen molar-refractivity contribution >= 4 is 27.8 Å². The first-order valence-electron chi connectivity index (χ1n) is 7.36. The van der Waals surface area contributed by atoms with Gasteiger partial charge in [-0.3, -0.25) is 4.79 Å². The van der Waals surface area contributed by atoms with Crippen molar-refractivity contribution in [2.75, 3.05) is 7.11 Å². The second-order valence-corrected chi connectivity index (χ2v) is 6.18. The largest absolute Gasteiger partial charge is 0.480 e. The van der Waals surface area contributed by atoms with Crippen LogP contribution >= 0.6 is 15.9 Å². The summed E-state index contributed by atoms with van der Waals surface area (Å²) < 4.78 is 6.09. The summed E-state index contributed by atoms with van der Waals surface area (Å²) in [7, 11) is 1.42. The maximum atomic E-state index is 12.4. The number of benzene rings is 2. The van der Waals surface area contributed by atoms with Crippen molar-refractivity contribution in [3.8, 4) is 0 Å². The molecule has 0 bridgehead atoms. The van der Waals surface area contributed by atoms with Crippen molar-refractivity contribution in [3.05, 3.63) is 70.2 Å². The van der Waals surface area contributed by atoms with Crippen LogP contribution in [0.2, 0.25) is 0 Å². The Hall–Kier alpha value is -2.18. The predicted molar refractivity (Wildman–Crippen MR) is 93.6 cm³/mol. The van der Waals surface area contributed by atoms with Gasteiger partial charge in [0.2, 0.25) is 0 Å². The molecule has 6 heteroatoms. The van der Waals surface area contributed by atoms with E-state index >= 15 is 0 Å². The molecule has 0 aliphatic rings. The summed E-state index contributed by atoms with van der Waals surface area (Å²) in [5.74, 6) is -1.57. The number of nitrogens with one attached hydrogen (secondary N) is 1. The molecular formula is C18H18BrNO4. The summed E-state index contributed by atoms with van der Waals surface area (Å²) in [6.45, 7) is 0. The van der Waals surface area contributed by atoms with Gasteiger partial charge < -0.3 is 15.2 Å². The van der Waals surface area contributed by atoms with E-state index in [1.165, 1.54) is 7.11 Å². The minimum atomic E-state index is -1.09. The Morgan fingerprint density at radius 3 is 2.46 bits per heavy atom. The maximum absolute atomic E-state index is 12.4. The number of aliphatic carboxylic acids is 1. The molecule has 0 aliphatic heterocycles. The Morgan fingerprint density at radius 1 is 1.17 bits per heavy atom. The van der Waals surface area contributed by atoms with Gasteiger partial charge in [-0.2, -0.15) is 0 Å². The van der Waals surface area contributed by atoms with E-state index in [2.05, 4.69) is 21.2 Å². The van der Waals surface area contributed by atoms with Crippen LogP contribution in [0.4, 0.5) is 0 Å². The topological polar surface area (TPSA) is 75.6 Å². The third kappa shape index (κ3) is 4.91. The standard InChI is InChI=1S/C18H18BrNO4/c1-24-16(13-7-3-2-4-8-13)17(21)20-15(18(22)23)11-12-6-5-9-14(19)10-12/h2-10,15-16H,11H2,1H3,(H,20,21)(H,22,23)/t15-,16-/m1/s1. The van der Waals surface area contributed by atoms with Gasteiger partial charge in [-0.1, -0.05) is 58.4 Å². The minimum Gasteiger partial charge on any atom is -0.480 e. The van der Waals surface area contributed by atoms with Gasteiger partial charge in [0.15, 0.2) is 6.10 Å². The van der Waals surface area contributed by atoms with Crippen LogP contribution in [0.5, 0.6) is 0 Å². The lowest BCUT2D eigenvalue weighted by Crippen LogP contribution is -2.44. The van der Waals surface area contributed by atoms with E-state index in [4.69, 9.17) is 4.74 Å². The van der Waals surface area contributed by atoms with Crippen LogP contribution in [0, 0.1) is 0 Å². The summed E-state index contributed by atoms with van der Waals surface area (Å²) in [6, 6.07) is 15.2. The van der Waals surface area contributed by atoms with Crippen molar-refractivity contribution in [1.82, 2.24) is 5.32 Å².